The SMILES string of the molecule is CC(C)c1nc(Cc2c(Cl)cc(-c3nn(C)c(=O)[nH]c3=O)cc2Cl)cn(C)c1=O. The van der Waals surface area contributed by atoms with Crippen LogP contribution in [0.4, 0.5) is 0 Å². The van der Waals surface area contributed by atoms with Gasteiger partial charge in [-0.1, -0.05) is 37.0 Å². The number of benzene rings is 1. The van der Waals surface area contributed by atoms with Crippen LogP contribution in [0.1, 0.15) is 36.7 Å². The Balaban J connectivity index is 2.06. The summed E-state index contributed by atoms with van der Waals surface area (Å²) >= 11 is 12.9. The highest BCUT2D eigenvalue weighted by molar-refractivity contribution is 6.36. The first-order valence-corrected chi connectivity index (χ1v) is 9.56. The van der Waals surface area contributed by atoms with Gasteiger partial charge in [0.15, 0.2) is 5.69 Å². The lowest BCUT2D eigenvalue weighted by atomic mass is 10.0. The van der Waals surface area contributed by atoms with Crippen molar-refractivity contribution in [1.82, 2.24) is 24.3 Å². The normalized spacial score (nSPS) is 11.3. The van der Waals surface area contributed by atoms with Gasteiger partial charge in [0.05, 0.1) is 5.69 Å². The summed E-state index contributed by atoms with van der Waals surface area (Å²) < 4.78 is 2.51. The summed E-state index contributed by atoms with van der Waals surface area (Å²) in [7, 11) is 3.10. The molecule has 0 aliphatic heterocycles. The van der Waals surface area contributed by atoms with Crippen LogP contribution in [0.25, 0.3) is 11.3 Å². The predicted molar refractivity (Wildman–Crippen MR) is 112 cm³/mol. The van der Waals surface area contributed by atoms with Crippen molar-refractivity contribution in [1.29, 1.82) is 0 Å². The first-order valence-electron chi connectivity index (χ1n) is 8.80. The van der Waals surface area contributed by atoms with Crippen LogP contribution in [0, 0.1) is 0 Å². The van der Waals surface area contributed by atoms with Crippen molar-refractivity contribution in [2.45, 2.75) is 26.2 Å². The molecule has 0 radical (unpaired) electrons. The molecule has 0 fully saturated rings. The average Bonchev–Trinajstić information content (AvgIpc) is 2.63. The summed E-state index contributed by atoms with van der Waals surface area (Å²) in [4.78, 5) is 42.5. The maximum atomic E-state index is 12.2. The van der Waals surface area contributed by atoms with Gasteiger partial charge in [0.1, 0.15) is 5.69 Å². The number of aromatic nitrogens is 5. The Morgan fingerprint density at radius 2 is 1.72 bits per heavy atom. The van der Waals surface area contributed by atoms with Crippen molar-refractivity contribution in [3.63, 3.8) is 0 Å². The van der Waals surface area contributed by atoms with Gasteiger partial charge >= 0.3 is 5.69 Å². The molecule has 0 amide bonds. The van der Waals surface area contributed by atoms with Crippen molar-refractivity contribution < 1.29 is 0 Å². The van der Waals surface area contributed by atoms with Gasteiger partial charge in [0.25, 0.3) is 11.1 Å². The van der Waals surface area contributed by atoms with E-state index in [4.69, 9.17) is 23.2 Å². The maximum absolute atomic E-state index is 12.2. The van der Waals surface area contributed by atoms with Crippen LogP contribution in [0.3, 0.4) is 0 Å². The van der Waals surface area contributed by atoms with Crippen molar-refractivity contribution >= 4 is 23.2 Å². The first kappa shape index (κ1) is 21.0. The second-order valence-corrected chi connectivity index (χ2v) is 7.83. The lowest BCUT2D eigenvalue weighted by molar-refractivity contribution is 0.671. The fraction of sp³-hybridized carbons (Fsp3) is 0.316. The number of aromatic amines is 1. The molecule has 29 heavy (non-hydrogen) atoms. The summed E-state index contributed by atoms with van der Waals surface area (Å²) in [5, 5.41) is 4.63. The fourth-order valence-corrected chi connectivity index (χ4v) is 3.53. The Morgan fingerprint density at radius 3 is 2.31 bits per heavy atom. The lowest BCUT2D eigenvalue weighted by Crippen LogP contribution is -2.31. The Bertz CT molecular complexity index is 1250. The van der Waals surface area contributed by atoms with Crippen molar-refractivity contribution in [2.24, 2.45) is 14.1 Å². The zero-order valence-electron chi connectivity index (χ0n) is 16.3. The second-order valence-electron chi connectivity index (χ2n) is 7.01. The van der Waals surface area contributed by atoms with Gasteiger partial charge in [0.2, 0.25) is 0 Å². The Hall–Kier alpha value is -2.71. The first-order chi connectivity index (χ1) is 13.6. The van der Waals surface area contributed by atoms with Crippen molar-refractivity contribution in [3.8, 4) is 11.3 Å². The van der Waals surface area contributed by atoms with E-state index in [1.165, 1.54) is 11.6 Å². The van der Waals surface area contributed by atoms with Crippen LogP contribution in [0.2, 0.25) is 10.0 Å². The number of halogens is 2. The molecule has 1 N–H and O–H groups in total. The highest BCUT2D eigenvalue weighted by Crippen LogP contribution is 2.31. The van der Waals surface area contributed by atoms with E-state index in [1.54, 1.807) is 25.4 Å². The molecular formula is C19H19Cl2N5O3. The van der Waals surface area contributed by atoms with E-state index < -0.39 is 11.2 Å². The van der Waals surface area contributed by atoms with Crippen LogP contribution >= 0.6 is 23.2 Å². The highest BCUT2D eigenvalue weighted by Gasteiger charge is 2.16. The van der Waals surface area contributed by atoms with Gasteiger partial charge in [-0.3, -0.25) is 14.6 Å². The van der Waals surface area contributed by atoms with E-state index in [-0.39, 0.29) is 17.2 Å². The standard InChI is InChI=1S/C19H19Cl2N5O3/c1-9(2)15-18(28)25(3)8-11(22-15)7-12-13(20)5-10(6-14(12)21)16-17(27)23-19(29)26(4)24-16/h5-6,8-9H,7H2,1-4H3,(H,23,27,29). The number of rotatable bonds is 4. The molecule has 2 aromatic heterocycles. The average molecular weight is 436 g/mol. The zero-order valence-corrected chi connectivity index (χ0v) is 17.8. The molecule has 8 nitrogen and oxygen atoms in total. The molecule has 2 heterocycles. The van der Waals surface area contributed by atoms with Crippen molar-refractivity contribution in [2.75, 3.05) is 0 Å². The summed E-state index contributed by atoms with van der Waals surface area (Å²) in [5.41, 5.74) is 0.751. The second kappa shape index (κ2) is 7.96. The molecular weight excluding hydrogens is 417 g/mol. The van der Waals surface area contributed by atoms with Gasteiger partial charge in [-0.05, 0) is 17.7 Å². The molecule has 0 saturated carbocycles. The lowest BCUT2D eigenvalue weighted by Gasteiger charge is -2.12. The number of H-pyrrole nitrogens is 1. The Morgan fingerprint density at radius 1 is 1.10 bits per heavy atom. The smallest absolute Gasteiger partial charge is 0.315 e. The number of nitrogens with zero attached hydrogens (tertiary/aromatic N) is 4. The largest absolute Gasteiger partial charge is 0.344 e. The zero-order chi connectivity index (χ0) is 21.5. The Labute approximate surface area is 175 Å². The molecule has 0 saturated heterocycles. The van der Waals surface area contributed by atoms with E-state index in [0.717, 1.165) is 4.68 Å². The summed E-state index contributed by atoms with van der Waals surface area (Å²) in [6.07, 6.45) is 1.96. The van der Waals surface area contributed by atoms with Gasteiger partial charge < -0.3 is 4.57 Å². The van der Waals surface area contributed by atoms with E-state index in [1.807, 2.05) is 13.8 Å². The Kier molecular flexibility index (Phi) is 5.77. The van der Waals surface area contributed by atoms with Gasteiger partial charge in [-0.25, -0.2) is 14.5 Å². The summed E-state index contributed by atoms with van der Waals surface area (Å²) in [5.74, 6) is -0.0236. The molecule has 3 aromatic rings. The van der Waals surface area contributed by atoms with E-state index in [9.17, 15) is 14.4 Å². The molecule has 3 rings (SSSR count). The minimum Gasteiger partial charge on any atom is -0.315 e. The third-order valence-electron chi connectivity index (χ3n) is 4.44. The predicted octanol–water partition coefficient (Wildman–Crippen LogP) is 2.25. The van der Waals surface area contributed by atoms with Crippen LogP contribution < -0.4 is 16.8 Å². The number of nitrogens with one attached hydrogen (secondary N) is 1. The third-order valence-corrected chi connectivity index (χ3v) is 5.12. The molecule has 0 bridgehead atoms. The molecule has 152 valence electrons. The molecule has 10 heteroatoms. The molecule has 0 atom stereocenters. The van der Waals surface area contributed by atoms with Crippen LogP contribution in [-0.2, 0) is 20.5 Å². The van der Waals surface area contributed by atoms with E-state index in [2.05, 4.69) is 15.1 Å². The molecule has 0 spiro atoms. The number of hydrogen-bond acceptors (Lipinski definition) is 5. The van der Waals surface area contributed by atoms with Crippen LogP contribution in [0.15, 0.2) is 32.7 Å². The number of hydrogen-bond donors (Lipinski definition) is 1. The molecule has 0 aliphatic rings. The van der Waals surface area contributed by atoms with Crippen molar-refractivity contribution in [3.05, 3.63) is 76.5 Å². The topological polar surface area (TPSA) is 103 Å². The maximum Gasteiger partial charge on any atom is 0.344 e. The summed E-state index contributed by atoms with van der Waals surface area (Å²) in [6.45, 7) is 3.81. The van der Waals surface area contributed by atoms with Crippen LogP contribution in [0.5, 0.6) is 0 Å². The summed E-state index contributed by atoms with van der Waals surface area (Å²) in [6, 6.07) is 3.13. The van der Waals surface area contributed by atoms with Gasteiger partial charge in [-0.2, -0.15) is 5.10 Å². The monoisotopic (exact) mass is 435 g/mol. The van der Waals surface area contributed by atoms with E-state index in [0.29, 0.717) is 39.0 Å². The quantitative estimate of drug-likeness (QED) is 0.676. The van der Waals surface area contributed by atoms with E-state index >= 15 is 0 Å². The fourth-order valence-electron chi connectivity index (χ4n) is 2.91. The molecule has 0 unspecified atom stereocenters. The third kappa shape index (κ3) is 4.18. The van der Waals surface area contributed by atoms with Gasteiger partial charge in [-0.15, -0.1) is 0 Å². The van der Waals surface area contributed by atoms with Gasteiger partial charge in [0, 0.05) is 48.2 Å². The highest BCUT2D eigenvalue weighted by atomic mass is 35.5. The number of aryl methyl sites for hydroxylation is 2. The minimum absolute atomic E-state index is 0.0236. The van der Waals surface area contributed by atoms with Crippen LogP contribution in [-0.4, -0.2) is 24.3 Å². The molecule has 0 aliphatic carbocycles. The molecule has 1 aromatic carbocycles. The minimum atomic E-state index is -0.630.